The van der Waals surface area contributed by atoms with Crippen LogP contribution in [0, 0.1) is 39.9 Å². The molecule has 0 spiro atoms. The molecule has 8 heteroatoms. The van der Waals surface area contributed by atoms with E-state index in [-0.39, 0.29) is 64.0 Å². The van der Waals surface area contributed by atoms with Gasteiger partial charge in [0.05, 0.1) is 17.6 Å². The highest BCUT2D eigenvalue weighted by Crippen LogP contribution is 2.70. The summed E-state index contributed by atoms with van der Waals surface area (Å²) < 4.78 is 17.3. The van der Waals surface area contributed by atoms with E-state index in [0.29, 0.717) is 6.61 Å². The Balaban J connectivity index is 1.64. The van der Waals surface area contributed by atoms with Crippen LogP contribution in [0.15, 0.2) is 0 Å². The van der Waals surface area contributed by atoms with Crippen LogP contribution >= 0.6 is 15.9 Å². The van der Waals surface area contributed by atoms with Gasteiger partial charge in [0.2, 0.25) is 0 Å². The number of ether oxygens (including phenoxy) is 3. The Morgan fingerprint density at radius 2 is 1.68 bits per heavy atom. The Morgan fingerprint density at radius 3 is 2.29 bits per heavy atom. The molecule has 4 unspecified atom stereocenters. The molecule has 0 saturated heterocycles. The normalized spacial score (nSPS) is 43.2. The summed E-state index contributed by atoms with van der Waals surface area (Å²) in [7, 11) is 0. The zero-order valence-electron chi connectivity index (χ0n) is 24.2. The van der Waals surface area contributed by atoms with Crippen molar-refractivity contribution >= 4 is 33.8 Å². The number of fused-ring (bicyclic) bond motifs is 5. The quantitative estimate of drug-likeness (QED) is 0.250. The Kier molecular flexibility index (Phi) is 8.13. The standard InChI is InChI=1S/C30H47BrO7/c1-17(37-26(34)27(4,5)6)24-15-25(31)30(35)23-9-8-20-14-21(38-19(3)33)10-13-29(20,16-36-18(2)32)22(23)11-12-28(24,30)7/h17,20-25,35H,8-16H2,1-7H3/t17?,20?,21?,22-,23+,24+,25?,28+,29+,30-/m0/s1. The Hall–Kier alpha value is -1.15. The predicted octanol–water partition coefficient (Wildman–Crippen LogP) is 5.59. The minimum atomic E-state index is -0.968. The number of halogens is 1. The lowest BCUT2D eigenvalue weighted by Gasteiger charge is -2.64. The van der Waals surface area contributed by atoms with Crippen molar-refractivity contribution in [3.8, 4) is 0 Å². The topological polar surface area (TPSA) is 99.1 Å². The number of hydrogen-bond acceptors (Lipinski definition) is 7. The van der Waals surface area contributed by atoms with Crippen molar-refractivity contribution in [3.63, 3.8) is 0 Å². The number of carbonyl (C=O) groups is 3. The summed E-state index contributed by atoms with van der Waals surface area (Å²) in [6, 6.07) is 0. The average molecular weight is 600 g/mol. The van der Waals surface area contributed by atoms with Gasteiger partial charge in [0.25, 0.3) is 0 Å². The number of esters is 3. The third-order valence-electron chi connectivity index (χ3n) is 10.9. The maximum absolute atomic E-state index is 12.7. The monoisotopic (exact) mass is 598 g/mol. The summed E-state index contributed by atoms with van der Waals surface area (Å²) in [6.07, 6.45) is 6.19. The average Bonchev–Trinajstić information content (AvgIpc) is 3.03. The van der Waals surface area contributed by atoms with Crippen LogP contribution in [0.2, 0.25) is 0 Å². The fourth-order valence-corrected chi connectivity index (χ4v) is 10.3. The maximum atomic E-state index is 12.7. The summed E-state index contributed by atoms with van der Waals surface area (Å²) in [4.78, 5) is 36.3. The minimum Gasteiger partial charge on any atom is -0.465 e. The smallest absolute Gasteiger partial charge is 0.311 e. The highest BCUT2D eigenvalue weighted by Gasteiger charge is 2.72. The molecule has 0 aromatic heterocycles. The van der Waals surface area contributed by atoms with Gasteiger partial charge in [0, 0.05) is 35.4 Å². The van der Waals surface area contributed by atoms with E-state index >= 15 is 0 Å². The molecule has 0 aromatic carbocycles. The number of aliphatic hydroxyl groups is 1. The molecular weight excluding hydrogens is 552 g/mol. The third-order valence-corrected chi connectivity index (χ3v) is 12.0. The molecule has 0 heterocycles. The first-order chi connectivity index (χ1) is 17.6. The summed E-state index contributed by atoms with van der Waals surface area (Å²) in [5.41, 5.74) is -2.20. The number of hydrogen-bond donors (Lipinski definition) is 1. The highest BCUT2D eigenvalue weighted by molar-refractivity contribution is 9.09. The van der Waals surface area contributed by atoms with Crippen molar-refractivity contribution in [1.82, 2.24) is 0 Å². The molecular formula is C30H47BrO7. The van der Waals surface area contributed by atoms with E-state index in [4.69, 9.17) is 14.2 Å². The molecule has 4 aliphatic carbocycles. The van der Waals surface area contributed by atoms with Gasteiger partial charge in [-0.25, -0.2) is 0 Å². The molecule has 1 N–H and O–H groups in total. The Bertz CT molecular complexity index is 945. The van der Waals surface area contributed by atoms with Crippen molar-refractivity contribution < 1.29 is 33.7 Å². The van der Waals surface area contributed by atoms with E-state index in [0.717, 1.165) is 51.4 Å². The molecule has 10 atom stereocenters. The second-order valence-electron chi connectivity index (χ2n) is 14.0. The van der Waals surface area contributed by atoms with Crippen LogP contribution in [-0.2, 0) is 28.6 Å². The van der Waals surface area contributed by atoms with Gasteiger partial charge in [-0.2, -0.15) is 0 Å². The van der Waals surface area contributed by atoms with Crippen LogP contribution in [-0.4, -0.2) is 52.3 Å². The van der Waals surface area contributed by atoms with Crippen molar-refractivity contribution in [2.75, 3.05) is 6.61 Å². The van der Waals surface area contributed by atoms with E-state index in [1.54, 1.807) is 0 Å². The number of carbonyl (C=O) groups excluding carboxylic acids is 3. The van der Waals surface area contributed by atoms with E-state index in [9.17, 15) is 19.5 Å². The molecule has 4 aliphatic rings. The minimum absolute atomic E-state index is 0.0333. The summed E-state index contributed by atoms with van der Waals surface area (Å²) >= 11 is 3.92. The van der Waals surface area contributed by atoms with Crippen LogP contribution in [0.4, 0.5) is 0 Å². The van der Waals surface area contributed by atoms with Gasteiger partial charge >= 0.3 is 17.9 Å². The Labute approximate surface area is 236 Å². The van der Waals surface area contributed by atoms with Crippen LogP contribution in [0.3, 0.4) is 0 Å². The summed E-state index contributed by atoms with van der Waals surface area (Å²) in [5.74, 6) is -0.205. The molecule has 0 bridgehead atoms. The number of rotatable bonds is 5. The molecule has 4 saturated carbocycles. The fraction of sp³-hybridized carbons (Fsp3) is 0.900. The zero-order chi connectivity index (χ0) is 28.3. The van der Waals surface area contributed by atoms with Gasteiger partial charge < -0.3 is 19.3 Å². The Morgan fingerprint density at radius 1 is 1.00 bits per heavy atom. The van der Waals surface area contributed by atoms with Gasteiger partial charge in [0.1, 0.15) is 12.2 Å². The van der Waals surface area contributed by atoms with Crippen molar-refractivity contribution in [2.45, 2.75) is 122 Å². The van der Waals surface area contributed by atoms with E-state index in [1.165, 1.54) is 13.8 Å². The van der Waals surface area contributed by atoms with Gasteiger partial charge in [-0.3, -0.25) is 14.4 Å². The van der Waals surface area contributed by atoms with Crippen molar-refractivity contribution in [1.29, 1.82) is 0 Å². The highest BCUT2D eigenvalue weighted by atomic mass is 79.9. The molecule has 216 valence electrons. The number of alkyl halides is 1. The molecule has 7 nitrogen and oxygen atoms in total. The summed E-state index contributed by atoms with van der Waals surface area (Å²) in [5, 5.41) is 12.7. The first-order valence-electron chi connectivity index (χ1n) is 14.4. The second-order valence-corrected chi connectivity index (χ2v) is 15.1. The molecule has 4 fully saturated rings. The second kappa shape index (κ2) is 10.4. The summed E-state index contributed by atoms with van der Waals surface area (Å²) in [6.45, 7) is 13.0. The molecule has 38 heavy (non-hydrogen) atoms. The lowest BCUT2D eigenvalue weighted by atomic mass is 9.43. The van der Waals surface area contributed by atoms with Crippen molar-refractivity contribution in [2.24, 2.45) is 39.9 Å². The van der Waals surface area contributed by atoms with Crippen molar-refractivity contribution in [3.05, 3.63) is 0 Å². The third kappa shape index (κ3) is 4.84. The lowest BCUT2D eigenvalue weighted by molar-refractivity contribution is -0.228. The lowest BCUT2D eigenvalue weighted by Crippen LogP contribution is -2.66. The van der Waals surface area contributed by atoms with Gasteiger partial charge in [-0.05, 0) is 96.8 Å². The molecule has 0 radical (unpaired) electrons. The molecule has 0 aliphatic heterocycles. The van der Waals surface area contributed by atoms with Gasteiger partial charge in [-0.1, -0.05) is 22.9 Å². The predicted molar refractivity (Wildman–Crippen MR) is 146 cm³/mol. The van der Waals surface area contributed by atoms with E-state index < -0.39 is 16.4 Å². The zero-order valence-corrected chi connectivity index (χ0v) is 25.8. The van der Waals surface area contributed by atoms with Crippen LogP contribution < -0.4 is 0 Å². The maximum Gasteiger partial charge on any atom is 0.311 e. The fourth-order valence-electron chi connectivity index (χ4n) is 9.02. The first-order valence-corrected chi connectivity index (χ1v) is 15.4. The van der Waals surface area contributed by atoms with Crippen LogP contribution in [0.25, 0.3) is 0 Å². The molecule has 0 aromatic rings. The van der Waals surface area contributed by atoms with Crippen LogP contribution in [0.1, 0.15) is 99.8 Å². The molecule has 0 amide bonds. The SMILES string of the molecule is CC(=O)OC[C@]12CCC(OC(C)=O)CC1CC[C@@H]1[C@@H]2CC[C@]2(C)[C@@H](C(C)OC(=O)C(C)(C)C)CC(Br)[C@@]12O. The van der Waals surface area contributed by atoms with E-state index in [2.05, 4.69) is 22.9 Å². The van der Waals surface area contributed by atoms with E-state index in [1.807, 2.05) is 27.7 Å². The first kappa shape index (κ1) is 29.8. The van der Waals surface area contributed by atoms with Gasteiger partial charge in [0.15, 0.2) is 0 Å². The van der Waals surface area contributed by atoms with Crippen LogP contribution in [0.5, 0.6) is 0 Å². The largest absolute Gasteiger partial charge is 0.465 e. The molecule has 4 rings (SSSR count). The van der Waals surface area contributed by atoms with Gasteiger partial charge in [-0.15, -0.1) is 0 Å².